The van der Waals surface area contributed by atoms with Crippen LogP contribution in [0.5, 0.6) is 0 Å². The minimum atomic E-state index is -0.682. The number of halogens is 1. The quantitative estimate of drug-likeness (QED) is 0.810. The number of methoxy groups -OCH3 is 1. The van der Waals surface area contributed by atoms with Crippen molar-refractivity contribution in [2.45, 2.75) is 6.10 Å². The summed E-state index contributed by atoms with van der Waals surface area (Å²) < 4.78 is 4.81. The van der Waals surface area contributed by atoms with Gasteiger partial charge in [0.1, 0.15) is 0 Å². The number of rotatable bonds is 6. The summed E-state index contributed by atoms with van der Waals surface area (Å²) in [6, 6.07) is 7.22. The van der Waals surface area contributed by atoms with Gasteiger partial charge >= 0.3 is 0 Å². The molecule has 104 valence electrons. The zero-order chi connectivity index (χ0) is 14.3. The molecule has 0 saturated heterocycles. The van der Waals surface area contributed by atoms with Gasteiger partial charge in [-0.2, -0.15) is 0 Å². The molecule has 0 aromatic heterocycles. The van der Waals surface area contributed by atoms with Gasteiger partial charge in [-0.3, -0.25) is 4.79 Å². The fourth-order valence-corrected chi connectivity index (χ4v) is 1.75. The molecule has 0 aliphatic carbocycles. The molecular weight excluding hydrogens is 266 g/mol. The Morgan fingerprint density at radius 2 is 2.32 bits per heavy atom. The molecule has 0 aliphatic heterocycles. The Bertz CT molecular complexity index is 448. The van der Waals surface area contributed by atoms with Gasteiger partial charge in [0.05, 0.1) is 12.7 Å². The number of hydrogen-bond acceptors (Lipinski definition) is 3. The van der Waals surface area contributed by atoms with E-state index in [0.29, 0.717) is 5.02 Å². The highest BCUT2D eigenvalue weighted by molar-refractivity contribution is 6.30. The van der Waals surface area contributed by atoms with Crippen LogP contribution in [0.2, 0.25) is 5.02 Å². The van der Waals surface area contributed by atoms with Crippen LogP contribution in [0, 0.1) is 0 Å². The van der Waals surface area contributed by atoms with Crippen LogP contribution in [0.1, 0.15) is 5.56 Å². The first-order valence-corrected chi connectivity index (χ1v) is 6.26. The Kier molecular flexibility index (Phi) is 6.56. The van der Waals surface area contributed by atoms with Gasteiger partial charge in [-0.15, -0.1) is 0 Å². The van der Waals surface area contributed by atoms with E-state index in [2.05, 4.69) is 0 Å². The van der Waals surface area contributed by atoms with E-state index in [1.165, 1.54) is 18.1 Å². The zero-order valence-electron chi connectivity index (χ0n) is 11.0. The molecule has 0 aliphatic rings. The highest BCUT2D eigenvalue weighted by atomic mass is 35.5. The fraction of sp³-hybridized carbons (Fsp3) is 0.357. The number of hydrogen-bond donors (Lipinski definition) is 1. The second-order valence-corrected chi connectivity index (χ2v) is 4.65. The maximum absolute atomic E-state index is 11.8. The number of amides is 1. The third kappa shape index (κ3) is 5.87. The first kappa shape index (κ1) is 15.7. The van der Waals surface area contributed by atoms with Gasteiger partial charge in [0.2, 0.25) is 5.91 Å². The van der Waals surface area contributed by atoms with E-state index in [-0.39, 0.29) is 19.1 Å². The molecule has 19 heavy (non-hydrogen) atoms. The van der Waals surface area contributed by atoms with Crippen molar-refractivity contribution in [3.05, 3.63) is 40.9 Å². The topological polar surface area (TPSA) is 49.8 Å². The van der Waals surface area contributed by atoms with Gasteiger partial charge in [0.15, 0.2) is 0 Å². The molecule has 0 saturated carbocycles. The monoisotopic (exact) mass is 283 g/mol. The molecule has 0 bridgehead atoms. The number of carbonyl (C=O) groups excluding carboxylic acids is 1. The van der Waals surface area contributed by atoms with Crippen molar-refractivity contribution in [1.29, 1.82) is 0 Å². The summed E-state index contributed by atoms with van der Waals surface area (Å²) in [6.45, 7) is 0.433. The first-order chi connectivity index (χ1) is 9.02. The van der Waals surface area contributed by atoms with E-state index >= 15 is 0 Å². The molecule has 0 radical (unpaired) electrons. The maximum Gasteiger partial charge on any atom is 0.246 e. The van der Waals surface area contributed by atoms with Crippen LogP contribution in [-0.4, -0.2) is 49.3 Å². The molecule has 4 nitrogen and oxygen atoms in total. The molecule has 1 aromatic carbocycles. The van der Waals surface area contributed by atoms with Crippen molar-refractivity contribution in [2.24, 2.45) is 0 Å². The fourth-order valence-electron chi connectivity index (χ4n) is 1.56. The number of benzene rings is 1. The van der Waals surface area contributed by atoms with Crippen LogP contribution >= 0.6 is 11.6 Å². The number of nitrogens with zero attached hydrogens (tertiary/aromatic N) is 1. The Balaban J connectivity index is 2.54. The highest BCUT2D eigenvalue weighted by Gasteiger charge is 2.10. The SMILES string of the molecule is COCC(O)CN(C)C(=O)C=Cc1cccc(Cl)c1. The van der Waals surface area contributed by atoms with Crippen LogP contribution in [-0.2, 0) is 9.53 Å². The molecule has 1 atom stereocenters. The molecule has 0 heterocycles. The van der Waals surface area contributed by atoms with E-state index < -0.39 is 6.10 Å². The van der Waals surface area contributed by atoms with Gasteiger partial charge in [-0.05, 0) is 23.8 Å². The summed E-state index contributed by atoms with van der Waals surface area (Å²) >= 11 is 5.85. The van der Waals surface area contributed by atoms with Crippen LogP contribution in [0.25, 0.3) is 6.08 Å². The molecule has 1 unspecified atom stereocenters. The standard InChI is InChI=1S/C14H18ClNO3/c1-16(9-13(17)10-19-2)14(18)7-6-11-4-3-5-12(15)8-11/h3-8,13,17H,9-10H2,1-2H3. The minimum Gasteiger partial charge on any atom is -0.389 e. The Morgan fingerprint density at radius 3 is 2.95 bits per heavy atom. The van der Waals surface area contributed by atoms with Crippen LogP contribution in [0.3, 0.4) is 0 Å². The Morgan fingerprint density at radius 1 is 1.58 bits per heavy atom. The number of carbonyl (C=O) groups is 1. The second-order valence-electron chi connectivity index (χ2n) is 4.22. The average Bonchev–Trinajstić information content (AvgIpc) is 2.36. The summed E-state index contributed by atoms with van der Waals surface area (Å²) in [5, 5.41) is 10.2. The van der Waals surface area contributed by atoms with Crippen molar-refractivity contribution in [3.8, 4) is 0 Å². The molecular formula is C14H18ClNO3. The average molecular weight is 284 g/mol. The predicted octanol–water partition coefficient (Wildman–Crippen LogP) is 1.82. The van der Waals surface area contributed by atoms with Crippen LogP contribution in [0.15, 0.2) is 30.3 Å². The smallest absolute Gasteiger partial charge is 0.246 e. The lowest BCUT2D eigenvalue weighted by molar-refractivity contribution is -0.126. The van der Waals surface area contributed by atoms with Crippen molar-refractivity contribution in [3.63, 3.8) is 0 Å². The third-order valence-electron chi connectivity index (χ3n) is 2.49. The minimum absolute atomic E-state index is 0.185. The van der Waals surface area contributed by atoms with Crippen LogP contribution < -0.4 is 0 Å². The van der Waals surface area contributed by atoms with E-state index in [9.17, 15) is 9.90 Å². The lowest BCUT2D eigenvalue weighted by Crippen LogP contribution is -2.35. The Hall–Kier alpha value is -1.36. The molecule has 1 amide bonds. The largest absolute Gasteiger partial charge is 0.389 e. The van der Waals surface area contributed by atoms with Gasteiger partial charge in [0, 0.05) is 31.8 Å². The van der Waals surface area contributed by atoms with Gasteiger partial charge < -0.3 is 14.7 Å². The lowest BCUT2D eigenvalue weighted by Gasteiger charge is -2.18. The van der Waals surface area contributed by atoms with E-state index in [0.717, 1.165) is 5.56 Å². The van der Waals surface area contributed by atoms with Gasteiger partial charge in [-0.1, -0.05) is 23.7 Å². The number of likely N-dealkylation sites (N-methyl/N-ethyl adjacent to an activating group) is 1. The van der Waals surface area contributed by atoms with Gasteiger partial charge in [-0.25, -0.2) is 0 Å². The van der Waals surface area contributed by atoms with Crippen molar-refractivity contribution >= 4 is 23.6 Å². The van der Waals surface area contributed by atoms with E-state index in [1.807, 2.05) is 12.1 Å². The summed E-state index contributed by atoms with van der Waals surface area (Å²) in [5.41, 5.74) is 0.853. The first-order valence-electron chi connectivity index (χ1n) is 5.88. The molecule has 1 N–H and O–H groups in total. The Labute approximate surface area is 118 Å². The van der Waals surface area contributed by atoms with E-state index in [1.54, 1.807) is 25.3 Å². The third-order valence-corrected chi connectivity index (χ3v) is 2.72. The van der Waals surface area contributed by atoms with Crippen molar-refractivity contribution in [2.75, 3.05) is 27.3 Å². The molecule has 0 spiro atoms. The molecule has 1 aromatic rings. The van der Waals surface area contributed by atoms with Gasteiger partial charge in [0.25, 0.3) is 0 Å². The normalized spacial score (nSPS) is 12.6. The summed E-state index contributed by atoms with van der Waals surface area (Å²) in [6.07, 6.45) is 2.46. The van der Waals surface area contributed by atoms with E-state index in [4.69, 9.17) is 16.3 Å². The van der Waals surface area contributed by atoms with Crippen molar-refractivity contribution < 1.29 is 14.6 Å². The number of aliphatic hydroxyl groups is 1. The predicted molar refractivity (Wildman–Crippen MR) is 76.0 cm³/mol. The summed E-state index contributed by atoms with van der Waals surface area (Å²) in [7, 11) is 3.13. The highest BCUT2D eigenvalue weighted by Crippen LogP contribution is 2.11. The van der Waals surface area contributed by atoms with Crippen LogP contribution in [0.4, 0.5) is 0 Å². The molecule has 0 fully saturated rings. The molecule has 1 rings (SSSR count). The zero-order valence-corrected chi connectivity index (χ0v) is 11.8. The summed E-state index contributed by atoms with van der Waals surface area (Å²) in [5.74, 6) is -0.185. The number of aliphatic hydroxyl groups excluding tert-OH is 1. The molecule has 5 heteroatoms. The maximum atomic E-state index is 11.8. The number of ether oxygens (including phenoxy) is 1. The lowest BCUT2D eigenvalue weighted by atomic mass is 10.2. The summed E-state index contributed by atoms with van der Waals surface area (Å²) in [4.78, 5) is 13.2. The van der Waals surface area contributed by atoms with Crippen molar-refractivity contribution in [1.82, 2.24) is 4.90 Å². The second kappa shape index (κ2) is 7.94.